The topological polar surface area (TPSA) is 183 Å². The fourth-order valence-corrected chi connectivity index (χ4v) is 5.37. The minimum absolute atomic E-state index is 0.0174. The van der Waals surface area contributed by atoms with Crippen LogP contribution in [0.25, 0.3) is 0 Å². The summed E-state index contributed by atoms with van der Waals surface area (Å²) in [4.78, 5) is 94.9. The Labute approximate surface area is 295 Å². The van der Waals surface area contributed by atoms with Gasteiger partial charge in [-0.2, -0.15) is 0 Å². The van der Waals surface area contributed by atoms with Gasteiger partial charge < -0.3 is 35.8 Å². The van der Waals surface area contributed by atoms with Gasteiger partial charge in [0.15, 0.2) is 0 Å². The number of rotatable bonds is 7. The molecule has 6 amide bonds. The molecule has 14 heteroatoms. The van der Waals surface area contributed by atoms with Crippen LogP contribution in [-0.4, -0.2) is 109 Å². The molecule has 0 saturated carbocycles. The highest BCUT2D eigenvalue weighted by atomic mass is 16.5. The lowest BCUT2D eigenvalue weighted by Crippen LogP contribution is -2.59. The Morgan fingerprint density at radius 2 is 1.48 bits per heavy atom. The molecule has 0 aliphatic carbocycles. The number of amides is 6. The first-order valence-corrected chi connectivity index (χ1v) is 17.1. The summed E-state index contributed by atoms with van der Waals surface area (Å²) in [5.41, 5.74) is 0.767. The molecule has 0 saturated heterocycles. The first-order chi connectivity index (χ1) is 23.6. The standard InChI is InChI=1S/C36H54N6O8/c1-23(2)19-28-34(47)40-32(24(3)4)35(48)37-25(5)33(46)39-29(20-27-15-11-10-12-16-27)36(49)42(22-31(45)50-7)18-14-9-8-13-17-41(26(6)43)21-30(44)38-28/h8-12,15-16,23-25,28-29,32H,13-14,17-22H2,1-7H3,(H,37,48)(H,38,44)(H,39,46)(H,40,47)/b9-8+/t25-,28?,29-,32-/m0/s1. The predicted molar refractivity (Wildman–Crippen MR) is 187 cm³/mol. The average molecular weight is 699 g/mol. The van der Waals surface area contributed by atoms with Gasteiger partial charge in [-0.3, -0.25) is 33.6 Å². The van der Waals surface area contributed by atoms with Gasteiger partial charge in [0.1, 0.15) is 30.7 Å². The fourth-order valence-electron chi connectivity index (χ4n) is 5.37. The average Bonchev–Trinajstić information content (AvgIpc) is 3.05. The molecule has 14 nitrogen and oxygen atoms in total. The van der Waals surface area contributed by atoms with E-state index >= 15 is 0 Å². The van der Waals surface area contributed by atoms with Crippen LogP contribution < -0.4 is 21.3 Å². The normalized spacial score (nSPS) is 23.2. The maximum Gasteiger partial charge on any atom is 0.325 e. The van der Waals surface area contributed by atoms with E-state index in [-0.39, 0.29) is 50.8 Å². The number of nitrogens with zero attached hydrogens (tertiary/aromatic N) is 2. The predicted octanol–water partition coefficient (Wildman–Crippen LogP) is 1.09. The first-order valence-electron chi connectivity index (χ1n) is 17.1. The molecule has 1 aliphatic rings. The summed E-state index contributed by atoms with van der Waals surface area (Å²) < 4.78 is 4.83. The van der Waals surface area contributed by atoms with E-state index in [9.17, 15) is 33.6 Å². The molecule has 1 aliphatic heterocycles. The Bertz CT molecular complexity index is 1370. The Morgan fingerprint density at radius 3 is 2.06 bits per heavy atom. The lowest BCUT2D eigenvalue weighted by Gasteiger charge is -2.29. The number of hydrogen-bond donors (Lipinski definition) is 4. The first kappa shape index (κ1) is 41.4. The summed E-state index contributed by atoms with van der Waals surface area (Å²) in [5, 5.41) is 10.9. The van der Waals surface area contributed by atoms with Gasteiger partial charge in [0.2, 0.25) is 35.4 Å². The van der Waals surface area contributed by atoms with E-state index in [1.165, 1.54) is 30.8 Å². The summed E-state index contributed by atoms with van der Waals surface area (Å²) in [7, 11) is 1.22. The molecule has 1 aromatic carbocycles. The smallest absolute Gasteiger partial charge is 0.325 e. The lowest BCUT2D eigenvalue weighted by molar-refractivity contribution is -0.148. The summed E-state index contributed by atoms with van der Waals surface area (Å²) in [6, 6.07) is 4.86. The zero-order valence-electron chi connectivity index (χ0n) is 30.3. The molecule has 4 N–H and O–H groups in total. The van der Waals surface area contributed by atoms with Gasteiger partial charge in [-0.1, -0.05) is 70.2 Å². The Hall–Kier alpha value is -4.75. The largest absolute Gasteiger partial charge is 0.468 e. The van der Waals surface area contributed by atoms with Crippen LogP contribution in [0.3, 0.4) is 0 Å². The minimum Gasteiger partial charge on any atom is -0.468 e. The van der Waals surface area contributed by atoms with Gasteiger partial charge in [-0.25, -0.2) is 0 Å². The molecule has 1 aromatic rings. The van der Waals surface area contributed by atoms with Crippen LogP contribution in [0.1, 0.15) is 66.4 Å². The van der Waals surface area contributed by atoms with Crippen LogP contribution >= 0.6 is 0 Å². The van der Waals surface area contributed by atoms with Crippen molar-refractivity contribution in [3.8, 4) is 0 Å². The number of carbonyl (C=O) groups is 7. The molecular weight excluding hydrogens is 644 g/mol. The Balaban J connectivity index is 2.49. The minimum atomic E-state index is -1.11. The summed E-state index contributed by atoms with van der Waals surface area (Å²) in [6.07, 6.45) is 4.78. The number of esters is 1. The fraction of sp³-hybridized carbons (Fsp3) is 0.583. The molecular formula is C36H54N6O8. The van der Waals surface area contributed by atoms with Crippen molar-refractivity contribution in [3.63, 3.8) is 0 Å². The quantitative estimate of drug-likeness (QED) is 0.241. The van der Waals surface area contributed by atoms with Crippen molar-refractivity contribution in [1.29, 1.82) is 0 Å². The van der Waals surface area contributed by atoms with E-state index in [1.807, 2.05) is 50.3 Å². The highest BCUT2D eigenvalue weighted by molar-refractivity contribution is 5.96. The second kappa shape index (κ2) is 20.7. The Kier molecular flexibility index (Phi) is 17.1. The summed E-state index contributed by atoms with van der Waals surface area (Å²) in [5.74, 6) is -4.20. The van der Waals surface area contributed by atoms with Gasteiger partial charge in [0.25, 0.3) is 0 Å². The van der Waals surface area contributed by atoms with Crippen molar-refractivity contribution in [3.05, 3.63) is 48.0 Å². The van der Waals surface area contributed by atoms with Crippen LogP contribution in [0.5, 0.6) is 0 Å². The van der Waals surface area contributed by atoms with Crippen molar-refractivity contribution in [2.24, 2.45) is 11.8 Å². The maximum absolute atomic E-state index is 14.0. The monoisotopic (exact) mass is 698 g/mol. The third kappa shape index (κ3) is 14.0. The van der Waals surface area contributed by atoms with Crippen molar-refractivity contribution in [1.82, 2.24) is 31.1 Å². The Morgan fingerprint density at radius 1 is 0.840 bits per heavy atom. The van der Waals surface area contributed by atoms with Crippen molar-refractivity contribution >= 4 is 41.4 Å². The molecule has 1 heterocycles. The number of methoxy groups -OCH3 is 1. The zero-order chi connectivity index (χ0) is 37.4. The lowest BCUT2D eigenvalue weighted by atomic mass is 9.99. The molecule has 4 atom stereocenters. The highest BCUT2D eigenvalue weighted by Gasteiger charge is 2.33. The number of hydrogen-bond acceptors (Lipinski definition) is 8. The van der Waals surface area contributed by atoms with E-state index in [2.05, 4.69) is 21.3 Å². The van der Waals surface area contributed by atoms with Crippen molar-refractivity contribution in [2.45, 2.75) is 91.4 Å². The SMILES string of the molecule is COC(=O)CN1CC/C=C/CCN(C(C)=O)CC(=O)NC(CC(C)C)C(=O)N[C@@H](C(C)C)C(=O)N[C@@H](C)C(=O)N[C@@H](Cc2ccccc2)C1=O. The number of nitrogens with one attached hydrogen (secondary N) is 4. The zero-order valence-corrected chi connectivity index (χ0v) is 30.3. The van der Waals surface area contributed by atoms with Crippen molar-refractivity contribution < 1.29 is 38.3 Å². The molecule has 0 fully saturated rings. The van der Waals surface area contributed by atoms with Crippen LogP contribution in [0, 0.1) is 11.8 Å². The molecule has 2 rings (SSSR count). The molecule has 1 unspecified atom stereocenters. The summed E-state index contributed by atoms with van der Waals surface area (Å²) >= 11 is 0. The number of ether oxygens (including phenoxy) is 1. The van der Waals surface area contributed by atoms with Gasteiger partial charge in [0, 0.05) is 26.4 Å². The van der Waals surface area contributed by atoms with Crippen LogP contribution in [-0.2, 0) is 44.7 Å². The second-order valence-corrected chi connectivity index (χ2v) is 13.3. The summed E-state index contributed by atoms with van der Waals surface area (Å²) in [6.45, 7) is 9.82. The molecule has 0 spiro atoms. The van der Waals surface area contributed by atoms with Gasteiger partial charge >= 0.3 is 5.97 Å². The number of benzene rings is 1. The molecule has 276 valence electrons. The van der Waals surface area contributed by atoms with E-state index < -0.39 is 65.6 Å². The van der Waals surface area contributed by atoms with Crippen LogP contribution in [0.2, 0.25) is 0 Å². The van der Waals surface area contributed by atoms with Gasteiger partial charge in [-0.15, -0.1) is 0 Å². The van der Waals surface area contributed by atoms with Crippen LogP contribution in [0.4, 0.5) is 0 Å². The third-order valence-electron chi connectivity index (χ3n) is 8.19. The van der Waals surface area contributed by atoms with Gasteiger partial charge in [0.05, 0.1) is 13.7 Å². The highest BCUT2D eigenvalue weighted by Crippen LogP contribution is 2.11. The van der Waals surface area contributed by atoms with E-state index in [1.54, 1.807) is 19.9 Å². The molecule has 0 bridgehead atoms. The van der Waals surface area contributed by atoms with E-state index in [0.29, 0.717) is 12.8 Å². The van der Waals surface area contributed by atoms with Crippen LogP contribution in [0.15, 0.2) is 42.5 Å². The van der Waals surface area contributed by atoms with Gasteiger partial charge in [-0.05, 0) is 43.6 Å². The molecule has 0 radical (unpaired) electrons. The van der Waals surface area contributed by atoms with E-state index in [0.717, 1.165) is 5.56 Å². The molecule has 50 heavy (non-hydrogen) atoms. The molecule has 0 aromatic heterocycles. The second-order valence-electron chi connectivity index (χ2n) is 13.3. The van der Waals surface area contributed by atoms with Crippen molar-refractivity contribution in [2.75, 3.05) is 33.3 Å². The van der Waals surface area contributed by atoms with E-state index in [4.69, 9.17) is 4.74 Å². The third-order valence-corrected chi connectivity index (χ3v) is 8.19. The number of carbonyl (C=O) groups excluding carboxylic acids is 7. The maximum atomic E-state index is 14.0.